The van der Waals surface area contributed by atoms with Crippen molar-refractivity contribution in [1.82, 2.24) is 9.97 Å². The summed E-state index contributed by atoms with van der Waals surface area (Å²) in [7, 11) is 0. The van der Waals surface area contributed by atoms with Gasteiger partial charge in [0.15, 0.2) is 16.8 Å². The molecule has 2 heterocycles. The molecule has 0 spiro atoms. The molecule has 0 aliphatic rings. The molecule has 0 bridgehead atoms. The van der Waals surface area contributed by atoms with Gasteiger partial charge in [0.1, 0.15) is 0 Å². The number of halogens is 2. The highest BCUT2D eigenvalue weighted by Crippen LogP contribution is 2.30. The maximum Gasteiger partial charge on any atom is 0.260 e. The third-order valence-corrected chi connectivity index (χ3v) is 5.03. The summed E-state index contributed by atoms with van der Waals surface area (Å²) in [5, 5.41) is 0.469. The second-order valence-corrected chi connectivity index (χ2v) is 6.81. The molecule has 2 aromatic carbocycles. The van der Waals surface area contributed by atoms with Gasteiger partial charge in [-0.3, -0.25) is 14.7 Å². The number of hydrogen-bond acceptors (Lipinski definition) is 4. The lowest BCUT2D eigenvalue weighted by atomic mass is 10.2. The first-order valence-electron chi connectivity index (χ1n) is 8.14. The van der Waals surface area contributed by atoms with Crippen molar-refractivity contribution in [2.24, 2.45) is 0 Å². The monoisotopic (exact) mass is 381 g/mol. The Kier molecular flexibility index (Phi) is 4.60. The Balaban J connectivity index is 1.77. The smallest absolute Gasteiger partial charge is 0.260 e. The van der Waals surface area contributed by atoms with E-state index in [9.17, 15) is 13.6 Å². The first kappa shape index (κ1) is 17.2. The summed E-state index contributed by atoms with van der Waals surface area (Å²) in [5.41, 5.74) is 1.47. The van der Waals surface area contributed by atoms with Crippen molar-refractivity contribution in [3.63, 3.8) is 0 Å². The van der Waals surface area contributed by atoms with Gasteiger partial charge in [-0.05, 0) is 42.5 Å². The molecule has 4 nitrogen and oxygen atoms in total. The molecule has 0 unspecified atom stereocenters. The number of hydrogen-bond donors (Lipinski definition) is 0. The second-order valence-electron chi connectivity index (χ2n) is 5.81. The summed E-state index contributed by atoms with van der Waals surface area (Å²) in [6.07, 6.45) is 1.63. The minimum atomic E-state index is -1.07. The Morgan fingerprint density at radius 3 is 2.56 bits per heavy atom. The molecule has 2 aromatic heterocycles. The quantitative estimate of drug-likeness (QED) is 0.509. The van der Waals surface area contributed by atoms with Crippen LogP contribution in [0.3, 0.4) is 0 Å². The van der Waals surface area contributed by atoms with Crippen LogP contribution < -0.4 is 4.90 Å². The van der Waals surface area contributed by atoms with Gasteiger partial charge in [-0.2, -0.15) is 0 Å². The molecule has 27 heavy (non-hydrogen) atoms. The number of nitrogens with zero attached hydrogens (tertiary/aromatic N) is 3. The SMILES string of the molecule is O=C(c1ccc(F)c(F)c1)N(Cc1ccccn1)c1nc2ccccc2s1. The predicted octanol–water partition coefficient (Wildman–Crippen LogP) is 4.82. The van der Waals surface area contributed by atoms with Crippen molar-refractivity contribution in [3.8, 4) is 0 Å². The van der Waals surface area contributed by atoms with Crippen molar-refractivity contribution >= 4 is 32.6 Å². The summed E-state index contributed by atoms with van der Waals surface area (Å²) < 4.78 is 27.8. The van der Waals surface area contributed by atoms with Crippen LogP contribution in [0.5, 0.6) is 0 Å². The number of benzene rings is 2. The molecular formula is C20H13F2N3OS. The van der Waals surface area contributed by atoms with Gasteiger partial charge in [-0.15, -0.1) is 0 Å². The van der Waals surface area contributed by atoms with Crippen molar-refractivity contribution in [3.05, 3.63) is 89.8 Å². The van der Waals surface area contributed by atoms with Crippen LogP contribution in [0, 0.1) is 11.6 Å². The maximum absolute atomic E-state index is 13.6. The zero-order chi connectivity index (χ0) is 18.8. The van der Waals surface area contributed by atoms with E-state index in [0.717, 1.165) is 22.3 Å². The molecule has 0 fully saturated rings. The molecule has 0 saturated carbocycles. The molecule has 0 aliphatic carbocycles. The van der Waals surface area contributed by atoms with E-state index in [1.807, 2.05) is 30.3 Å². The molecule has 0 N–H and O–H groups in total. The Morgan fingerprint density at radius 1 is 1.00 bits per heavy atom. The average Bonchev–Trinajstić information content (AvgIpc) is 3.12. The molecule has 7 heteroatoms. The Hall–Kier alpha value is -3.19. The number of amides is 1. The van der Waals surface area contributed by atoms with Gasteiger partial charge < -0.3 is 0 Å². The van der Waals surface area contributed by atoms with Gasteiger partial charge in [0.2, 0.25) is 0 Å². The van der Waals surface area contributed by atoms with E-state index in [-0.39, 0.29) is 12.1 Å². The fourth-order valence-electron chi connectivity index (χ4n) is 2.64. The molecule has 0 saturated heterocycles. The van der Waals surface area contributed by atoms with Crippen LogP contribution >= 0.6 is 11.3 Å². The zero-order valence-electron chi connectivity index (χ0n) is 14.0. The molecule has 0 radical (unpaired) electrons. The first-order valence-corrected chi connectivity index (χ1v) is 8.96. The number of carbonyl (C=O) groups is 1. The average molecular weight is 381 g/mol. The third kappa shape index (κ3) is 3.54. The highest BCUT2D eigenvalue weighted by atomic mass is 32.1. The van der Waals surface area contributed by atoms with Crippen molar-refractivity contribution in [2.75, 3.05) is 4.90 Å². The van der Waals surface area contributed by atoms with Crippen LogP contribution in [-0.2, 0) is 6.54 Å². The third-order valence-electron chi connectivity index (χ3n) is 3.97. The number of carbonyl (C=O) groups excluding carboxylic acids is 1. The number of fused-ring (bicyclic) bond motifs is 1. The van der Waals surface area contributed by atoms with Crippen LogP contribution in [0.25, 0.3) is 10.2 Å². The largest absolute Gasteiger partial charge is 0.278 e. The fourth-order valence-corrected chi connectivity index (χ4v) is 3.60. The number of para-hydroxylation sites is 1. The Morgan fingerprint density at radius 2 is 1.81 bits per heavy atom. The van der Waals surface area contributed by atoms with E-state index in [2.05, 4.69) is 9.97 Å². The minimum absolute atomic E-state index is 0.0455. The highest BCUT2D eigenvalue weighted by molar-refractivity contribution is 7.22. The molecule has 0 aliphatic heterocycles. The van der Waals surface area contributed by atoms with Gasteiger partial charge >= 0.3 is 0 Å². The van der Waals surface area contributed by atoms with Gasteiger partial charge in [0, 0.05) is 11.8 Å². The lowest BCUT2D eigenvalue weighted by molar-refractivity contribution is 0.0984. The Labute approximate surface area is 157 Å². The summed E-state index contributed by atoms with van der Waals surface area (Å²) in [5.74, 6) is -2.54. The van der Waals surface area contributed by atoms with E-state index in [4.69, 9.17) is 0 Å². The topological polar surface area (TPSA) is 46.1 Å². The van der Waals surface area contributed by atoms with E-state index >= 15 is 0 Å². The molecule has 1 amide bonds. The lowest BCUT2D eigenvalue weighted by Crippen LogP contribution is -2.30. The number of anilines is 1. The standard InChI is InChI=1S/C20H13F2N3OS/c21-15-9-8-13(11-16(15)22)19(26)25(12-14-5-3-4-10-23-14)20-24-17-6-1-2-7-18(17)27-20/h1-11H,12H2. The van der Waals surface area contributed by atoms with Crippen LogP contribution in [-0.4, -0.2) is 15.9 Å². The number of rotatable bonds is 4. The van der Waals surface area contributed by atoms with Crippen LogP contribution in [0.1, 0.15) is 16.1 Å². The lowest BCUT2D eigenvalue weighted by Gasteiger charge is -2.19. The molecule has 4 aromatic rings. The van der Waals surface area contributed by atoms with E-state index in [1.165, 1.54) is 22.3 Å². The molecular weight excluding hydrogens is 368 g/mol. The van der Waals surface area contributed by atoms with Crippen LogP contribution in [0.15, 0.2) is 66.9 Å². The molecule has 0 atom stereocenters. The number of aromatic nitrogens is 2. The van der Waals surface area contributed by atoms with Gasteiger partial charge in [-0.1, -0.05) is 29.5 Å². The summed E-state index contributed by atoms with van der Waals surface area (Å²) in [4.78, 5) is 23.3. The minimum Gasteiger partial charge on any atom is -0.278 e. The molecule has 4 rings (SSSR count). The van der Waals surface area contributed by atoms with E-state index < -0.39 is 17.5 Å². The second kappa shape index (κ2) is 7.20. The van der Waals surface area contributed by atoms with Crippen molar-refractivity contribution in [2.45, 2.75) is 6.54 Å². The van der Waals surface area contributed by atoms with Crippen molar-refractivity contribution < 1.29 is 13.6 Å². The van der Waals surface area contributed by atoms with Crippen LogP contribution in [0.2, 0.25) is 0 Å². The van der Waals surface area contributed by atoms with E-state index in [1.54, 1.807) is 18.3 Å². The number of thiazole rings is 1. The van der Waals surface area contributed by atoms with E-state index in [0.29, 0.717) is 10.8 Å². The highest BCUT2D eigenvalue weighted by Gasteiger charge is 2.23. The van der Waals surface area contributed by atoms with Crippen molar-refractivity contribution in [1.29, 1.82) is 0 Å². The molecule has 134 valence electrons. The van der Waals surface area contributed by atoms with Gasteiger partial charge in [0.05, 0.1) is 22.5 Å². The first-order chi connectivity index (χ1) is 13.1. The fraction of sp³-hybridized carbons (Fsp3) is 0.0500. The predicted molar refractivity (Wildman–Crippen MR) is 101 cm³/mol. The number of pyridine rings is 1. The maximum atomic E-state index is 13.6. The summed E-state index contributed by atoms with van der Waals surface area (Å²) in [6, 6.07) is 16.0. The summed E-state index contributed by atoms with van der Waals surface area (Å²) >= 11 is 1.35. The zero-order valence-corrected chi connectivity index (χ0v) is 14.8. The summed E-state index contributed by atoms with van der Waals surface area (Å²) in [6.45, 7) is 0.165. The normalized spacial score (nSPS) is 10.9. The Bertz CT molecular complexity index is 1080. The van der Waals surface area contributed by atoms with Gasteiger partial charge in [0.25, 0.3) is 5.91 Å². The van der Waals surface area contributed by atoms with Crippen LogP contribution in [0.4, 0.5) is 13.9 Å². The van der Waals surface area contributed by atoms with Gasteiger partial charge in [-0.25, -0.2) is 13.8 Å².